The molecular weight excluding hydrogens is 452 g/mol. The van der Waals surface area contributed by atoms with Crippen LogP contribution < -0.4 is 10.1 Å². The smallest absolute Gasteiger partial charge is 0.324 e. The molecule has 3 aliphatic rings. The van der Waals surface area contributed by atoms with Crippen molar-refractivity contribution < 1.29 is 22.7 Å². The summed E-state index contributed by atoms with van der Waals surface area (Å²) in [6, 6.07) is 5.33. The molecule has 0 unspecified atom stereocenters. The number of nitrogens with zero attached hydrogens (tertiary/aromatic N) is 1. The van der Waals surface area contributed by atoms with Gasteiger partial charge in [0, 0.05) is 12.5 Å². The molecule has 0 radical (unpaired) electrons. The fourth-order valence-electron chi connectivity index (χ4n) is 4.18. The Bertz CT molecular complexity index is 959. The Kier molecular flexibility index (Phi) is 7.30. The van der Waals surface area contributed by atoms with E-state index in [4.69, 9.17) is 16.3 Å². The Morgan fingerprint density at radius 1 is 1.12 bits per heavy atom. The molecule has 1 aliphatic heterocycles. The molecule has 0 bridgehead atoms. The molecule has 1 aromatic rings. The number of rotatable bonds is 13. The van der Waals surface area contributed by atoms with E-state index < -0.39 is 9.84 Å². The minimum atomic E-state index is -3.21. The van der Waals surface area contributed by atoms with Crippen LogP contribution in [0.15, 0.2) is 18.2 Å². The van der Waals surface area contributed by atoms with Crippen molar-refractivity contribution in [3.8, 4) is 5.75 Å². The molecule has 1 saturated heterocycles. The molecule has 1 heterocycles. The first-order valence-corrected chi connectivity index (χ1v) is 13.7. The second-order valence-corrected chi connectivity index (χ2v) is 12.0. The number of amides is 3. The van der Waals surface area contributed by atoms with Gasteiger partial charge in [0.2, 0.25) is 5.91 Å². The average molecular weight is 483 g/mol. The van der Waals surface area contributed by atoms with Crippen LogP contribution in [0.2, 0.25) is 5.02 Å². The maximum Gasteiger partial charge on any atom is 0.324 e. The summed E-state index contributed by atoms with van der Waals surface area (Å²) in [4.78, 5) is 24.2. The van der Waals surface area contributed by atoms with Gasteiger partial charge in [-0.25, -0.2) is 13.2 Å². The Labute approximate surface area is 194 Å². The van der Waals surface area contributed by atoms with Gasteiger partial charge in [0.25, 0.3) is 0 Å². The van der Waals surface area contributed by atoms with Crippen LogP contribution in [-0.4, -0.2) is 56.5 Å². The molecule has 1 aromatic carbocycles. The summed E-state index contributed by atoms with van der Waals surface area (Å²) in [5.74, 6) is 1.64. The van der Waals surface area contributed by atoms with Gasteiger partial charge in [-0.1, -0.05) is 24.1 Å². The summed E-state index contributed by atoms with van der Waals surface area (Å²) >= 11 is 6.31. The number of halogens is 1. The fourth-order valence-corrected chi connectivity index (χ4v) is 6.17. The van der Waals surface area contributed by atoms with Crippen molar-refractivity contribution in [2.24, 2.45) is 11.8 Å². The number of hydrogen-bond donors (Lipinski definition) is 1. The van der Waals surface area contributed by atoms with E-state index in [2.05, 4.69) is 5.32 Å². The second-order valence-electron chi connectivity index (χ2n) is 9.34. The van der Waals surface area contributed by atoms with Crippen LogP contribution >= 0.6 is 11.6 Å². The lowest BCUT2D eigenvalue weighted by Gasteiger charge is -2.19. The Morgan fingerprint density at radius 2 is 1.91 bits per heavy atom. The highest BCUT2D eigenvalue weighted by Gasteiger charge is 2.36. The first-order valence-electron chi connectivity index (χ1n) is 11.5. The monoisotopic (exact) mass is 482 g/mol. The number of unbranched alkanes of at least 4 members (excludes halogenated alkanes) is 2. The van der Waals surface area contributed by atoms with Crippen molar-refractivity contribution in [3.05, 3.63) is 28.8 Å². The lowest BCUT2D eigenvalue weighted by atomic mass is 9.96. The van der Waals surface area contributed by atoms with E-state index >= 15 is 0 Å². The van der Waals surface area contributed by atoms with E-state index in [0.29, 0.717) is 55.0 Å². The highest BCUT2D eigenvalue weighted by molar-refractivity contribution is 7.91. The van der Waals surface area contributed by atoms with Gasteiger partial charge < -0.3 is 9.64 Å². The lowest BCUT2D eigenvalue weighted by Crippen LogP contribution is -2.29. The number of urea groups is 1. The molecule has 9 heteroatoms. The second kappa shape index (κ2) is 10.00. The van der Waals surface area contributed by atoms with Crippen LogP contribution in [0.3, 0.4) is 0 Å². The number of sulfone groups is 1. The zero-order valence-corrected chi connectivity index (χ0v) is 19.8. The maximum absolute atomic E-state index is 12.9. The third kappa shape index (κ3) is 6.61. The Morgan fingerprint density at radius 3 is 2.56 bits per heavy atom. The molecule has 176 valence electrons. The fraction of sp³-hybridized carbons (Fsp3) is 0.652. The standard InChI is InChI=1S/C23H31ClN2O5S/c24-20-9-8-18(12-21(20)31-14-16-4-5-16)19(17-6-7-17)15-32(29,30)11-3-1-2-10-26-13-22(27)25-23(26)28/h8-9,12,16-17,19H,1-7,10-11,13-15H2,(H,25,27,28)/t19-/m1/s1. The van der Waals surface area contributed by atoms with Crippen molar-refractivity contribution in [1.29, 1.82) is 0 Å². The van der Waals surface area contributed by atoms with E-state index in [1.54, 1.807) is 0 Å². The quantitative estimate of drug-likeness (QED) is 0.341. The molecular formula is C23H31ClN2O5S. The van der Waals surface area contributed by atoms with Gasteiger partial charge in [0.15, 0.2) is 9.84 Å². The van der Waals surface area contributed by atoms with Crippen molar-refractivity contribution in [2.45, 2.75) is 50.9 Å². The highest BCUT2D eigenvalue weighted by atomic mass is 35.5. The topological polar surface area (TPSA) is 92.8 Å². The molecule has 32 heavy (non-hydrogen) atoms. The molecule has 0 spiro atoms. The minimum Gasteiger partial charge on any atom is -0.492 e. The zero-order chi connectivity index (χ0) is 22.7. The van der Waals surface area contributed by atoms with Crippen LogP contribution in [0.5, 0.6) is 5.75 Å². The first kappa shape index (κ1) is 23.4. The molecule has 0 aromatic heterocycles. The number of ether oxygens (including phenoxy) is 1. The van der Waals surface area contributed by atoms with Gasteiger partial charge in [-0.2, -0.15) is 0 Å². The van der Waals surface area contributed by atoms with Crippen LogP contribution in [0, 0.1) is 11.8 Å². The average Bonchev–Trinajstić information content (AvgIpc) is 3.65. The van der Waals surface area contributed by atoms with E-state index in [1.165, 1.54) is 17.7 Å². The molecule has 3 fully saturated rings. The summed E-state index contributed by atoms with van der Waals surface area (Å²) in [6.45, 7) is 1.23. The van der Waals surface area contributed by atoms with E-state index in [1.807, 2.05) is 18.2 Å². The van der Waals surface area contributed by atoms with Gasteiger partial charge in [0.1, 0.15) is 12.3 Å². The summed E-state index contributed by atoms with van der Waals surface area (Å²) in [6.07, 6.45) is 6.44. The number of nitrogens with one attached hydrogen (secondary N) is 1. The minimum absolute atomic E-state index is 0.0279. The van der Waals surface area contributed by atoms with Gasteiger partial charge in [-0.15, -0.1) is 0 Å². The maximum atomic E-state index is 12.9. The normalized spacial score (nSPS) is 19.8. The van der Waals surface area contributed by atoms with Crippen molar-refractivity contribution >= 4 is 33.4 Å². The molecule has 7 nitrogen and oxygen atoms in total. The Balaban J connectivity index is 1.28. The molecule has 1 N–H and O–H groups in total. The summed E-state index contributed by atoms with van der Waals surface area (Å²) in [7, 11) is -3.21. The van der Waals surface area contributed by atoms with Crippen LogP contribution in [0.25, 0.3) is 0 Å². The molecule has 2 aliphatic carbocycles. The van der Waals surface area contributed by atoms with Crippen molar-refractivity contribution in [1.82, 2.24) is 10.2 Å². The summed E-state index contributed by atoms with van der Waals surface area (Å²) < 4.78 is 31.6. The molecule has 1 atom stereocenters. The Hall–Kier alpha value is -1.80. The number of carbonyl (C=O) groups is 2. The van der Waals surface area contributed by atoms with Crippen LogP contribution in [-0.2, 0) is 14.6 Å². The van der Waals surface area contributed by atoms with Gasteiger partial charge in [0.05, 0.1) is 23.1 Å². The third-order valence-corrected chi connectivity index (χ3v) is 8.52. The molecule has 2 saturated carbocycles. The lowest BCUT2D eigenvalue weighted by molar-refractivity contribution is -0.118. The first-order chi connectivity index (χ1) is 15.3. The van der Waals surface area contributed by atoms with Crippen LogP contribution in [0.1, 0.15) is 56.4 Å². The summed E-state index contributed by atoms with van der Waals surface area (Å²) in [5, 5.41) is 2.81. The van der Waals surface area contributed by atoms with E-state index in [0.717, 1.165) is 18.4 Å². The van der Waals surface area contributed by atoms with Crippen molar-refractivity contribution in [2.75, 3.05) is 31.2 Å². The number of carbonyl (C=O) groups excluding carboxylic acids is 2. The third-order valence-electron chi connectivity index (χ3n) is 6.43. The molecule has 4 rings (SSSR count). The predicted molar refractivity (Wildman–Crippen MR) is 123 cm³/mol. The zero-order valence-electron chi connectivity index (χ0n) is 18.2. The van der Waals surface area contributed by atoms with Crippen LogP contribution in [0.4, 0.5) is 4.79 Å². The SMILES string of the molecule is O=C1CN(CCCCCS(=O)(=O)C[C@@H](c2ccc(Cl)c(OCC3CC3)c2)C2CC2)C(=O)N1. The largest absolute Gasteiger partial charge is 0.492 e. The van der Waals surface area contributed by atoms with Gasteiger partial charge in [-0.3, -0.25) is 10.1 Å². The predicted octanol–water partition coefficient (Wildman–Crippen LogP) is 3.76. The van der Waals surface area contributed by atoms with Gasteiger partial charge >= 0.3 is 6.03 Å². The van der Waals surface area contributed by atoms with Gasteiger partial charge in [-0.05, 0) is 68.1 Å². The van der Waals surface area contributed by atoms with E-state index in [-0.39, 0.29) is 35.9 Å². The highest BCUT2D eigenvalue weighted by Crippen LogP contribution is 2.45. The van der Waals surface area contributed by atoms with Crippen molar-refractivity contribution in [3.63, 3.8) is 0 Å². The number of hydrogen-bond acceptors (Lipinski definition) is 5. The summed E-state index contributed by atoms with van der Waals surface area (Å²) in [5.41, 5.74) is 0.996. The number of benzene rings is 1. The molecule has 3 amide bonds. The van der Waals surface area contributed by atoms with E-state index in [9.17, 15) is 18.0 Å². The number of imide groups is 1.